The van der Waals surface area contributed by atoms with Crippen molar-refractivity contribution in [2.24, 2.45) is 23.2 Å². The van der Waals surface area contributed by atoms with E-state index in [0.29, 0.717) is 6.04 Å². The molecule has 4 saturated carbocycles. The number of hydrogen-bond acceptors (Lipinski definition) is 1. The molecule has 4 aliphatic carbocycles. The van der Waals surface area contributed by atoms with E-state index < -0.39 is 0 Å². The summed E-state index contributed by atoms with van der Waals surface area (Å²) in [7, 11) is 0. The minimum absolute atomic E-state index is 0. The van der Waals surface area contributed by atoms with Gasteiger partial charge in [0.1, 0.15) is 0 Å². The van der Waals surface area contributed by atoms with Crippen LogP contribution in [-0.4, -0.2) is 12.6 Å². The van der Waals surface area contributed by atoms with Gasteiger partial charge in [-0.3, -0.25) is 0 Å². The van der Waals surface area contributed by atoms with Gasteiger partial charge in [0.25, 0.3) is 0 Å². The van der Waals surface area contributed by atoms with Gasteiger partial charge in [0.2, 0.25) is 0 Å². The van der Waals surface area contributed by atoms with Crippen LogP contribution in [0.5, 0.6) is 0 Å². The highest BCUT2D eigenvalue weighted by Crippen LogP contribution is 2.61. The fourth-order valence-electron chi connectivity index (χ4n) is 5.22. The molecule has 4 bridgehead atoms. The molecule has 0 atom stereocenters. The molecule has 4 rings (SSSR count). The number of hydrogen-bond donors (Lipinski definition) is 1. The van der Waals surface area contributed by atoms with Crippen LogP contribution in [0.15, 0.2) is 0 Å². The Balaban J connectivity index is 0.00000108. The Morgan fingerprint density at radius 1 is 1.00 bits per heavy atom. The normalized spacial score (nSPS) is 42.9. The van der Waals surface area contributed by atoms with Crippen molar-refractivity contribution in [1.29, 1.82) is 0 Å². The molecule has 4 aliphatic rings. The highest BCUT2D eigenvalue weighted by atomic mass is 35.5. The summed E-state index contributed by atoms with van der Waals surface area (Å²) in [6.45, 7) is 5.78. The largest absolute Gasteiger partial charge is 0.315 e. The highest BCUT2D eigenvalue weighted by Gasteiger charge is 2.50. The lowest BCUT2D eigenvalue weighted by atomic mass is 9.49. The van der Waals surface area contributed by atoms with Crippen LogP contribution >= 0.6 is 12.4 Å². The van der Waals surface area contributed by atoms with Gasteiger partial charge in [0.15, 0.2) is 0 Å². The Morgan fingerprint density at radius 3 is 1.88 bits per heavy atom. The van der Waals surface area contributed by atoms with Crippen LogP contribution < -0.4 is 5.32 Å². The van der Waals surface area contributed by atoms with Gasteiger partial charge in [0, 0.05) is 6.04 Å². The molecule has 0 aromatic carbocycles. The zero-order valence-corrected chi connectivity index (χ0v) is 12.2. The molecule has 1 nitrogen and oxygen atoms in total. The smallest absolute Gasteiger partial charge is 0.00103 e. The van der Waals surface area contributed by atoms with Crippen LogP contribution in [0.2, 0.25) is 0 Å². The van der Waals surface area contributed by atoms with Crippen LogP contribution in [0.25, 0.3) is 0 Å². The first-order valence-electron chi connectivity index (χ1n) is 7.39. The SMILES string of the molecule is CC(C)NCCC12CC3CC(CC(C3)C1)C2.Cl. The van der Waals surface area contributed by atoms with E-state index in [4.69, 9.17) is 0 Å². The van der Waals surface area contributed by atoms with Gasteiger partial charge in [-0.25, -0.2) is 0 Å². The molecular weight excluding hydrogens is 230 g/mol. The van der Waals surface area contributed by atoms with Crippen LogP contribution in [0.1, 0.15) is 58.8 Å². The molecule has 0 aromatic rings. The van der Waals surface area contributed by atoms with E-state index >= 15 is 0 Å². The fraction of sp³-hybridized carbons (Fsp3) is 1.00. The van der Waals surface area contributed by atoms with Crippen molar-refractivity contribution < 1.29 is 0 Å². The number of rotatable bonds is 4. The van der Waals surface area contributed by atoms with Gasteiger partial charge in [-0.05, 0) is 74.7 Å². The minimum atomic E-state index is 0. The van der Waals surface area contributed by atoms with Crippen LogP contribution in [0.3, 0.4) is 0 Å². The van der Waals surface area contributed by atoms with Crippen molar-refractivity contribution in [2.45, 2.75) is 64.8 Å². The Hall–Kier alpha value is 0.250. The predicted octanol–water partition coefficient (Wildman–Crippen LogP) is 4.01. The second-order valence-electron chi connectivity index (χ2n) is 7.28. The minimum Gasteiger partial charge on any atom is -0.315 e. The summed E-state index contributed by atoms with van der Waals surface area (Å²) < 4.78 is 0. The summed E-state index contributed by atoms with van der Waals surface area (Å²) in [4.78, 5) is 0. The first kappa shape index (κ1) is 13.7. The van der Waals surface area contributed by atoms with Crippen LogP contribution in [-0.2, 0) is 0 Å². The molecule has 4 fully saturated rings. The van der Waals surface area contributed by atoms with Crippen molar-refractivity contribution in [2.75, 3.05) is 6.54 Å². The summed E-state index contributed by atoms with van der Waals surface area (Å²) in [5.41, 5.74) is 0.774. The van der Waals surface area contributed by atoms with E-state index in [2.05, 4.69) is 19.2 Å². The molecule has 0 unspecified atom stereocenters. The molecule has 0 heterocycles. The first-order chi connectivity index (χ1) is 7.65. The van der Waals surface area contributed by atoms with Crippen molar-refractivity contribution in [1.82, 2.24) is 5.32 Å². The lowest BCUT2D eigenvalue weighted by Gasteiger charge is -2.57. The van der Waals surface area contributed by atoms with Crippen molar-refractivity contribution in [3.05, 3.63) is 0 Å². The number of halogens is 1. The molecule has 0 aliphatic heterocycles. The second-order valence-corrected chi connectivity index (χ2v) is 7.28. The quantitative estimate of drug-likeness (QED) is 0.802. The highest BCUT2D eigenvalue weighted by molar-refractivity contribution is 5.85. The topological polar surface area (TPSA) is 12.0 Å². The maximum atomic E-state index is 3.62. The van der Waals surface area contributed by atoms with Crippen molar-refractivity contribution in [3.63, 3.8) is 0 Å². The van der Waals surface area contributed by atoms with E-state index in [1.807, 2.05) is 0 Å². The monoisotopic (exact) mass is 257 g/mol. The van der Waals surface area contributed by atoms with Gasteiger partial charge < -0.3 is 5.32 Å². The maximum absolute atomic E-state index is 3.62. The van der Waals surface area contributed by atoms with E-state index in [1.165, 1.54) is 13.0 Å². The zero-order valence-electron chi connectivity index (χ0n) is 11.4. The summed E-state index contributed by atoms with van der Waals surface area (Å²) in [5.74, 6) is 3.35. The van der Waals surface area contributed by atoms with Crippen LogP contribution in [0.4, 0.5) is 0 Å². The predicted molar refractivity (Wildman–Crippen MR) is 75.6 cm³/mol. The maximum Gasteiger partial charge on any atom is 0.00103 e. The number of nitrogens with one attached hydrogen (secondary N) is 1. The van der Waals surface area contributed by atoms with Gasteiger partial charge in [-0.1, -0.05) is 13.8 Å². The molecule has 100 valence electrons. The molecule has 0 aromatic heterocycles. The van der Waals surface area contributed by atoms with E-state index in [9.17, 15) is 0 Å². The third kappa shape index (κ3) is 2.81. The van der Waals surface area contributed by atoms with E-state index in [-0.39, 0.29) is 12.4 Å². The van der Waals surface area contributed by atoms with Gasteiger partial charge in [0.05, 0.1) is 0 Å². The molecule has 0 amide bonds. The van der Waals surface area contributed by atoms with Gasteiger partial charge >= 0.3 is 0 Å². The molecule has 2 heteroatoms. The third-order valence-corrected chi connectivity index (χ3v) is 5.37. The first-order valence-corrected chi connectivity index (χ1v) is 7.39. The lowest BCUT2D eigenvalue weighted by Crippen LogP contribution is -2.47. The molecule has 0 spiro atoms. The average Bonchev–Trinajstić information content (AvgIpc) is 2.13. The second kappa shape index (κ2) is 5.09. The zero-order chi connectivity index (χ0) is 11.2. The Bertz CT molecular complexity index is 226. The van der Waals surface area contributed by atoms with Gasteiger partial charge in [-0.15, -0.1) is 12.4 Å². The Kier molecular flexibility index (Phi) is 4.09. The summed E-state index contributed by atoms with van der Waals surface area (Å²) >= 11 is 0. The summed E-state index contributed by atoms with van der Waals surface area (Å²) in [6.07, 6.45) is 10.9. The Morgan fingerprint density at radius 2 is 1.47 bits per heavy atom. The molecular formula is C15H28ClN. The molecule has 1 N–H and O–H groups in total. The third-order valence-electron chi connectivity index (χ3n) is 5.37. The van der Waals surface area contributed by atoms with E-state index in [0.717, 1.165) is 23.2 Å². The Labute approximate surface area is 113 Å². The van der Waals surface area contributed by atoms with Gasteiger partial charge in [-0.2, -0.15) is 0 Å². The van der Waals surface area contributed by atoms with Crippen LogP contribution in [0, 0.1) is 23.2 Å². The van der Waals surface area contributed by atoms with E-state index in [1.54, 1.807) is 38.5 Å². The summed E-state index contributed by atoms with van der Waals surface area (Å²) in [5, 5.41) is 3.62. The molecule has 0 saturated heterocycles. The summed E-state index contributed by atoms with van der Waals surface area (Å²) in [6, 6.07) is 0.661. The fourth-order valence-corrected chi connectivity index (χ4v) is 5.22. The lowest BCUT2D eigenvalue weighted by molar-refractivity contribution is -0.0568. The standard InChI is InChI=1S/C15H27N.ClH/c1-11(2)16-4-3-15-8-12-5-13(9-15)7-14(6-12)10-15;/h11-14,16H,3-10H2,1-2H3;1H. The molecule has 0 radical (unpaired) electrons. The van der Waals surface area contributed by atoms with Crippen molar-refractivity contribution >= 4 is 12.4 Å². The average molecular weight is 258 g/mol. The van der Waals surface area contributed by atoms with Crippen molar-refractivity contribution in [3.8, 4) is 0 Å². The molecule has 17 heavy (non-hydrogen) atoms.